The van der Waals surface area contributed by atoms with Crippen LogP contribution in [0.3, 0.4) is 0 Å². The molecule has 0 aliphatic carbocycles. The first-order valence-electron chi connectivity index (χ1n) is 6.84. The topological polar surface area (TPSA) is 26.7 Å². The molecule has 3 nitrogen and oxygen atoms in total. The van der Waals surface area contributed by atoms with E-state index < -0.39 is 6.10 Å². The average Bonchev–Trinajstić information content (AvgIpc) is 2.35. The molecule has 1 heterocycles. The molecule has 0 aromatic heterocycles. The highest BCUT2D eigenvalue weighted by Crippen LogP contribution is 2.29. The number of rotatable bonds is 2. The summed E-state index contributed by atoms with van der Waals surface area (Å²) in [5, 5.41) is 9.84. The van der Waals surface area contributed by atoms with E-state index in [0.29, 0.717) is 17.6 Å². The van der Waals surface area contributed by atoms with Crippen molar-refractivity contribution in [3.63, 3.8) is 0 Å². The summed E-state index contributed by atoms with van der Waals surface area (Å²) in [5.41, 5.74) is 1.62. The lowest BCUT2D eigenvalue weighted by Crippen LogP contribution is -2.55. The lowest BCUT2D eigenvalue weighted by Gasteiger charge is -2.44. The second-order valence-corrected chi connectivity index (χ2v) is 5.65. The zero-order valence-corrected chi connectivity index (χ0v) is 12.1. The molecule has 0 radical (unpaired) electrons. The zero-order chi connectivity index (χ0) is 14.2. The highest BCUT2D eigenvalue weighted by atomic mass is 19.1. The van der Waals surface area contributed by atoms with Crippen molar-refractivity contribution in [3.8, 4) is 0 Å². The van der Waals surface area contributed by atoms with E-state index in [2.05, 4.69) is 30.7 Å². The number of benzene rings is 1. The number of halogens is 1. The molecule has 19 heavy (non-hydrogen) atoms. The maximum atomic E-state index is 13.4. The first-order chi connectivity index (χ1) is 8.90. The molecule has 0 spiro atoms. The molecule has 2 unspecified atom stereocenters. The van der Waals surface area contributed by atoms with E-state index in [9.17, 15) is 9.50 Å². The van der Waals surface area contributed by atoms with Gasteiger partial charge in [0.05, 0.1) is 6.10 Å². The number of aliphatic hydroxyl groups is 1. The number of likely N-dealkylation sites (N-methyl/N-ethyl adjacent to an activating group) is 1. The van der Waals surface area contributed by atoms with E-state index in [-0.39, 0.29) is 5.82 Å². The Morgan fingerprint density at radius 2 is 1.84 bits per heavy atom. The minimum absolute atomic E-state index is 0.296. The molecule has 106 valence electrons. The second kappa shape index (κ2) is 5.47. The molecule has 3 atom stereocenters. The lowest BCUT2D eigenvalue weighted by atomic mass is 10.0. The van der Waals surface area contributed by atoms with E-state index in [1.54, 1.807) is 13.0 Å². The van der Waals surface area contributed by atoms with Gasteiger partial charge in [0, 0.05) is 36.4 Å². The van der Waals surface area contributed by atoms with Crippen LogP contribution in [-0.2, 0) is 0 Å². The van der Waals surface area contributed by atoms with E-state index in [4.69, 9.17) is 0 Å². The maximum Gasteiger partial charge on any atom is 0.123 e. The maximum absolute atomic E-state index is 13.4. The van der Waals surface area contributed by atoms with Gasteiger partial charge in [-0.25, -0.2) is 4.39 Å². The first kappa shape index (κ1) is 14.3. The van der Waals surface area contributed by atoms with E-state index in [0.717, 1.165) is 18.8 Å². The Balaban J connectivity index is 2.31. The molecule has 4 heteroatoms. The Morgan fingerprint density at radius 3 is 2.37 bits per heavy atom. The van der Waals surface area contributed by atoms with E-state index in [1.165, 1.54) is 12.1 Å². The van der Waals surface area contributed by atoms with Crippen molar-refractivity contribution >= 4 is 5.69 Å². The van der Waals surface area contributed by atoms with Gasteiger partial charge in [0.1, 0.15) is 5.82 Å². The van der Waals surface area contributed by atoms with E-state index in [1.807, 2.05) is 0 Å². The smallest absolute Gasteiger partial charge is 0.123 e. The van der Waals surface area contributed by atoms with Crippen molar-refractivity contribution in [2.75, 3.05) is 25.0 Å². The number of hydrogen-bond donors (Lipinski definition) is 1. The average molecular weight is 266 g/mol. The fourth-order valence-electron chi connectivity index (χ4n) is 2.75. The fraction of sp³-hybridized carbons (Fsp3) is 0.600. The van der Waals surface area contributed by atoms with Crippen molar-refractivity contribution in [2.45, 2.75) is 39.0 Å². The van der Waals surface area contributed by atoms with Gasteiger partial charge in [-0.15, -0.1) is 0 Å². The molecule has 1 fully saturated rings. The molecule has 1 N–H and O–H groups in total. The van der Waals surface area contributed by atoms with E-state index >= 15 is 0 Å². The summed E-state index contributed by atoms with van der Waals surface area (Å²) >= 11 is 0. The van der Waals surface area contributed by atoms with Crippen LogP contribution in [0.5, 0.6) is 0 Å². The fourth-order valence-corrected chi connectivity index (χ4v) is 2.75. The highest BCUT2D eigenvalue weighted by Gasteiger charge is 2.28. The van der Waals surface area contributed by atoms with Gasteiger partial charge in [-0.1, -0.05) is 0 Å². The number of anilines is 1. The third-order valence-corrected chi connectivity index (χ3v) is 4.14. The van der Waals surface area contributed by atoms with Crippen molar-refractivity contribution in [1.82, 2.24) is 4.90 Å². The van der Waals surface area contributed by atoms with Crippen LogP contribution < -0.4 is 4.90 Å². The molecule has 0 saturated carbocycles. The highest BCUT2D eigenvalue weighted by molar-refractivity contribution is 5.55. The summed E-state index contributed by atoms with van der Waals surface area (Å²) in [6, 6.07) is 5.57. The summed E-state index contributed by atoms with van der Waals surface area (Å²) in [4.78, 5) is 4.60. The monoisotopic (exact) mass is 266 g/mol. The molecular weight excluding hydrogens is 243 g/mol. The Morgan fingerprint density at radius 1 is 1.26 bits per heavy atom. The van der Waals surface area contributed by atoms with Crippen molar-refractivity contribution in [1.29, 1.82) is 0 Å². The van der Waals surface area contributed by atoms with Gasteiger partial charge in [-0.3, -0.25) is 4.90 Å². The molecule has 0 amide bonds. The second-order valence-electron chi connectivity index (χ2n) is 5.65. The van der Waals surface area contributed by atoms with Crippen LogP contribution in [0.1, 0.15) is 32.4 Å². The van der Waals surface area contributed by atoms with Gasteiger partial charge in [0.25, 0.3) is 0 Å². The van der Waals surface area contributed by atoms with Crippen molar-refractivity contribution in [3.05, 3.63) is 29.6 Å². The third-order valence-electron chi connectivity index (χ3n) is 4.14. The van der Waals surface area contributed by atoms with Crippen molar-refractivity contribution < 1.29 is 9.50 Å². The molecule has 1 aliphatic heterocycles. The molecule has 2 rings (SSSR count). The van der Waals surface area contributed by atoms with Crippen molar-refractivity contribution in [2.24, 2.45) is 0 Å². The van der Waals surface area contributed by atoms with Crippen LogP contribution in [0.4, 0.5) is 10.1 Å². The van der Waals surface area contributed by atoms with Crippen LogP contribution in [0.2, 0.25) is 0 Å². The first-order valence-corrected chi connectivity index (χ1v) is 6.84. The van der Waals surface area contributed by atoms with Crippen LogP contribution >= 0.6 is 0 Å². The molecule has 1 aromatic rings. The number of nitrogens with zero attached hydrogens (tertiary/aromatic N) is 2. The zero-order valence-electron chi connectivity index (χ0n) is 12.1. The van der Waals surface area contributed by atoms with Gasteiger partial charge in [-0.2, -0.15) is 0 Å². The Hall–Kier alpha value is -1.13. The molecule has 1 saturated heterocycles. The molecule has 0 bridgehead atoms. The summed E-state index contributed by atoms with van der Waals surface area (Å²) in [6.45, 7) is 7.85. The number of hydrogen-bond acceptors (Lipinski definition) is 3. The molecule has 1 aliphatic rings. The van der Waals surface area contributed by atoms with Gasteiger partial charge < -0.3 is 10.0 Å². The summed E-state index contributed by atoms with van der Waals surface area (Å²) in [6.07, 6.45) is -0.657. The Labute approximate surface area is 114 Å². The van der Waals surface area contributed by atoms with Crippen LogP contribution in [0, 0.1) is 5.82 Å². The normalized spacial score (nSPS) is 26.5. The predicted molar refractivity (Wildman–Crippen MR) is 75.9 cm³/mol. The Bertz CT molecular complexity index is 438. The summed E-state index contributed by atoms with van der Waals surface area (Å²) in [5.74, 6) is -0.296. The largest absolute Gasteiger partial charge is 0.389 e. The standard InChI is InChI=1S/C15H23FN2O/c1-10-8-18(9-11(2)17(10)4)15-6-5-13(16)7-14(15)12(3)19/h5-7,10-12,19H,8-9H2,1-4H3/t10?,11?,12-/m0/s1. The number of aliphatic hydroxyl groups excluding tert-OH is 1. The van der Waals surface area contributed by atoms with Gasteiger partial charge in [0.15, 0.2) is 0 Å². The number of piperazine rings is 1. The van der Waals surface area contributed by atoms with Crippen LogP contribution in [0.15, 0.2) is 18.2 Å². The van der Waals surface area contributed by atoms with Gasteiger partial charge >= 0.3 is 0 Å². The van der Waals surface area contributed by atoms with Gasteiger partial charge in [-0.05, 0) is 46.0 Å². The minimum Gasteiger partial charge on any atom is -0.389 e. The predicted octanol–water partition coefficient (Wildman–Crippen LogP) is 2.41. The molecule has 1 aromatic carbocycles. The van der Waals surface area contributed by atoms with Gasteiger partial charge in [0.2, 0.25) is 0 Å². The quantitative estimate of drug-likeness (QED) is 0.890. The lowest BCUT2D eigenvalue weighted by molar-refractivity contribution is 0.168. The summed E-state index contributed by atoms with van der Waals surface area (Å²) in [7, 11) is 2.13. The molecular formula is C15H23FN2O. The third kappa shape index (κ3) is 2.90. The van der Waals surface area contributed by atoms with Crippen LogP contribution in [0.25, 0.3) is 0 Å². The Kier molecular flexibility index (Phi) is 4.11. The SMILES string of the molecule is CC1CN(c2ccc(F)cc2[C@H](C)O)CC(C)N1C. The summed E-state index contributed by atoms with van der Waals surface area (Å²) < 4.78 is 13.4. The minimum atomic E-state index is -0.657. The van der Waals surface area contributed by atoms with Crippen LogP contribution in [-0.4, -0.2) is 42.2 Å².